The van der Waals surface area contributed by atoms with Crippen molar-refractivity contribution in [3.63, 3.8) is 0 Å². The number of carbonyl (C=O) groups is 3. The summed E-state index contributed by atoms with van der Waals surface area (Å²) in [5, 5.41) is 5.84. The lowest BCUT2D eigenvalue weighted by molar-refractivity contribution is -0.142. The standard InChI is InChI=1S/C23H30N4O5/c1-23(2,21(29)24-12-16-6-5-11-32-16)27-13-17-18(20(27)28)19(25-22(30)26(17)3)14-7-9-15(31-4)10-8-14/h7-10,16,19H,5-6,11-13H2,1-4H3,(H,24,29)(H,25,30)/t16-,19-/m1/s1. The second-order valence-electron chi connectivity index (χ2n) is 8.87. The Bertz CT molecular complexity index is 950. The molecule has 2 atom stereocenters. The van der Waals surface area contributed by atoms with Crippen LogP contribution in [0, 0.1) is 0 Å². The maximum absolute atomic E-state index is 13.6. The Morgan fingerprint density at radius 3 is 2.62 bits per heavy atom. The molecule has 0 spiro atoms. The molecular weight excluding hydrogens is 412 g/mol. The number of benzene rings is 1. The fourth-order valence-corrected chi connectivity index (χ4v) is 4.42. The fraction of sp³-hybridized carbons (Fsp3) is 0.522. The Hall–Kier alpha value is -3.07. The van der Waals surface area contributed by atoms with Gasteiger partial charge in [0.2, 0.25) is 5.91 Å². The highest BCUT2D eigenvalue weighted by Crippen LogP contribution is 2.38. The first-order valence-electron chi connectivity index (χ1n) is 10.9. The molecule has 0 aromatic heterocycles. The van der Waals surface area contributed by atoms with E-state index in [1.165, 1.54) is 9.80 Å². The zero-order valence-corrected chi connectivity index (χ0v) is 18.9. The van der Waals surface area contributed by atoms with E-state index in [9.17, 15) is 14.4 Å². The van der Waals surface area contributed by atoms with Gasteiger partial charge < -0.3 is 25.0 Å². The first-order valence-corrected chi connectivity index (χ1v) is 10.9. The van der Waals surface area contributed by atoms with Crippen LogP contribution in [0.4, 0.5) is 4.79 Å². The van der Waals surface area contributed by atoms with Gasteiger partial charge in [-0.25, -0.2) is 4.79 Å². The van der Waals surface area contributed by atoms with Crippen molar-refractivity contribution in [2.45, 2.75) is 44.4 Å². The Kier molecular flexibility index (Phi) is 5.85. The molecule has 0 saturated carbocycles. The van der Waals surface area contributed by atoms with Crippen LogP contribution in [0.2, 0.25) is 0 Å². The first kappa shape index (κ1) is 22.1. The van der Waals surface area contributed by atoms with Gasteiger partial charge in [0.25, 0.3) is 5.91 Å². The maximum Gasteiger partial charge on any atom is 0.322 e. The first-order chi connectivity index (χ1) is 15.2. The summed E-state index contributed by atoms with van der Waals surface area (Å²) in [6, 6.07) is 6.35. The van der Waals surface area contributed by atoms with E-state index < -0.39 is 11.6 Å². The third-order valence-corrected chi connectivity index (χ3v) is 6.55. The van der Waals surface area contributed by atoms with Gasteiger partial charge in [-0.2, -0.15) is 0 Å². The van der Waals surface area contributed by atoms with Gasteiger partial charge in [-0.05, 0) is 44.4 Å². The highest BCUT2D eigenvalue weighted by molar-refractivity contribution is 6.04. The third kappa shape index (κ3) is 3.81. The summed E-state index contributed by atoms with van der Waals surface area (Å²) in [4.78, 5) is 42.2. The molecule has 1 fully saturated rings. The molecule has 172 valence electrons. The summed E-state index contributed by atoms with van der Waals surface area (Å²) in [5.41, 5.74) is 0.772. The van der Waals surface area contributed by atoms with Crippen molar-refractivity contribution in [2.24, 2.45) is 0 Å². The molecule has 0 unspecified atom stereocenters. The van der Waals surface area contributed by atoms with Gasteiger partial charge in [0.05, 0.1) is 37.1 Å². The van der Waals surface area contributed by atoms with E-state index in [1.54, 1.807) is 40.1 Å². The second kappa shape index (κ2) is 8.46. The van der Waals surface area contributed by atoms with Gasteiger partial charge in [0.1, 0.15) is 11.3 Å². The number of likely N-dealkylation sites (N-methyl/N-ethyl adjacent to an activating group) is 1. The second-order valence-corrected chi connectivity index (χ2v) is 8.87. The highest BCUT2D eigenvalue weighted by Gasteiger charge is 2.49. The molecule has 0 radical (unpaired) electrons. The van der Waals surface area contributed by atoms with Crippen LogP contribution >= 0.6 is 0 Å². The average molecular weight is 443 g/mol. The van der Waals surface area contributed by atoms with Crippen LogP contribution in [-0.2, 0) is 14.3 Å². The molecule has 32 heavy (non-hydrogen) atoms. The average Bonchev–Trinajstić information content (AvgIpc) is 3.43. The molecule has 1 aromatic carbocycles. The summed E-state index contributed by atoms with van der Waals surface area (Å²) in [5.74, 6) is 0.180. The molecule has 1 aromatic rings. The molecule has 9 heteroatoms. The molecule has 0 bridgehead atoms. The summed E-state index contributed by atoms with van der Waals surface area (Å²) in [6.45, 7) is 4.78. The number of ether oxygens (including phenoxy) is 2. The predicted octanol–water partition coefficient (Wildman–Crippen LogP) is 1.56. The summed E-state index contributed by atoms with van der Waals surface area (Å²) >= 11 is 0. The normalized spacial score (nSPS) is 23.4. The maximum atomic E-state index is 13.6. The fourth-order valence-electron chi connectivity index (χ4n) is 4.42. The number of methoxy groups -OCH3 is 1. The van der Waals surface area contributed by atoms with Crippen LogP contribution in [0.1, 0.15) is 38.3 Å². The summed E-state index contributed by atoms with van der Waals surface area (Å²) < 4.78 is 10.8. The molecular formula is C23H30N4O5. The van der Waals surface area contributed by atoms with Crippen molar-refractivity contribution >= 4 is 17.8 Å². The predicted molar refractivity (Wildman–Crippen MR) is 117 cm³/mol. The van der Waals surface area contributed by atoms with Crippen molar-refractivity contribution < 1.29 is 23.9 Å². The van der Waals surface area contributed by atoms with Crippen molar-refractivity contribution in [3.05, 3.63) is 41.1 Å². The van der Waals surface area contributed by atoms with Crippen molar-refractivity contribution in [2.75, 3.05) is 33.9 Å². The van der Waals surface area contributed by atoms with E-state index in [2.05, 4.69) is 10.6 Å². The SMILES string of the molecule is COc1ccc([C@H]2NC(=O)N(C)C3=C2C(=O)N(C(C)(C)C(=O)NC[C@H]2CCCO2)C3)cc1. The number of amides is 4. The molecule has 1 saturated heterocycles. The molecule has 4 rings (SSSR count). The van der Waals surface area contributed by atoms with E-state index in [0.29, 0.717) is 30.2 Å². The van der Waals surface area contributed by atoms with Crippen molar-refractivity contribution in [1.82, 2.24) is 20.4 Å². The zero-order chi connectivity index (χ0) is 23.0. The summed E-state index contributed by atoms with van der Waals surface area (Å²) in [6.07, 6.45) is 1.93. The third-order valence-electron chi connectivity index (χ3n) is 6.55. The van der Waals surface area contributed by atoms with E-state index in [0.717, 1.165) is 18.4 Å². The van der Waals surface area contributed by atoms with Gasteiger partial charge in [-0.3, -0.25) is 14.5 Å². The number of nitrogens with one attached hydrogen (secondary N) is 2. The Labute approximate surface area is 187 Å². The molecule has 0 aliphatic carbocycles. The molecule has 3 heterocycles. The Morgan fingerprint density at radius 2 is 2.00 bits per heavy atom. The van der Waals surface area contributed by atoms with Crippen LogP contribution in [0.5, 0.6) is 5.75 Å². The minimum atomic E-state index is -1.10. The lowest BCUT2D eigenvalue weighted by Crippen LogP contribution is -2.57. The van der Waals surface area contributed by atoms with Crippen LogP contribution < -0.4 is 15.4 Å². The van der Waals surface area contributed by atoms with Crippen LogP contribution in [0.3, 0.4) is 0 Å². The largest absolute Gasteiger partial charge is 0.497 e. The molecule has 4 amide bonds. The van der Waals surface area contributed by atoms with Crippen LogP contribution in [0.25, 0.3) is 0 Å². The lowest BCUT2D eigenvalue weighted by Gasteiger charge is -2.35. The van der Waals surface area contributed by atoms with Crippen LogP contribution in [0.15, 0.2) is 35.5 Å². The van der Waals surface area contributed by atoms with E-state index in [1.807, 2.05) is 12.1 Å². The number of nitrogens with zero attached hydrogens (tertiary/aromatic N) is 2. The Balaban J connectivity index is 1.57. The van der Waals surface area contributed by atoms with E-state index in [4.69, 9.17) is 9.47 Å². The molecule has 9 nitrogen and oxygen atoms in total. The van der Waals surface area contributed by atoms with Gasteiger partial charge in [0.15, 0.2) is 0 Å². The van der Waals surface area contributed by atoms with Crippen molar-refractivity contribution in [1.29, 1.82) is 0 Å². The Morgan fingerprint density at radius 1 is 1.28 bits per heavy atom. The van der Waals surface area contributed by atoms with Gasteiger partial charge >= 0.3 is 6.03 Å². The minimum absolute atomic E-state index is 0.0165. The highest BCUT2D eigenvalue weighted by atomic mass is 16.5. The van der Waals surface area contributed by atoms with Crippen molar-refractivity contribution in [3.8, 4) is 5.75 Å². The molecule has 2 N–H and O–H groups in total. The number of urea groups is 1. The van der Waals surface area contributed by atoms with Gasteiger partial charge in [-0.1, -0.05) is 12.1 Å². The molecule has 3 aliphatic rings. The summed E-state index contributed by atoms with van der Waals surface area (Å²) in [7, 11) is 3.22. The monoisotopic (exact) mass is 442 g/mol. The lowest BCUT2D eigenvalue weighted by atomic mass is 9.95. The minimum Gasteiger partial charge on any atom is -0.497 e. The number of rotatable bonds is 6. The van der Waals surface area contributed by atoms with E-state index >= 15 is 0 Å². The number of carbonyl (C=O) groups excluding carboxylic acids is 3. The quantitative estimate of drug-likeness (QED) is 0.697. The topological polar surface area (TPSA) is 100 Å². The van der Waals surface area contributed by atoms with E-state index in [-0.39, 0.29) is 30.5 Å². The number of hydrogen-bond donors (Lipinski definition) is 2. The number of hydrogen-bond acceptors (Lipinski definition) is 5. The zero-order valence-electron chi connectivity index (χ0n) is 18.9. The van der Waals surface area contributed by atoms with Gasteiger partial charge in [0, 0.05) is 20.2 Å². The molecule has 3 aliphatic heterocycles. The van der Waals surface area contributed by atoms with Crippen LogP contribution in [-0.4, -0.2) is 73.1 Å². The smallest absolute Gasteiger partial charge is 0.322 e. The van der Waals surface area contributed by atoms with Gasteiger partial charge in [-0.15, -0.1) is 0 Å².